The van der Waals surface area contributed by atoms with E-state index in [1.807, 2.05) is 30.5 Å². The zero-order valence-electron chi connectivity index (χ0n) is 11.6. The topological polar surface area (TPSA) is 28.2 Å². The molecule has 3 heterocycles. The highest BCUT2D eigenvalue weighted by Crippen LogP contribution is 2.42. The van der Waals surface area contributed by atoms with Crippen molar-refractivity contribution < 1.29 is 0 Å². The second-order valence-corrected chi connectivity index (χ2v) is 7.10. The summed E-state index contributed by atoms with van der Waals surface area (Å²) in [4.78, 5) is 7.96. The number of aromatic nitrogens is 1. The van der Waals surface area contributed by atoms with E-state index in [2.05, 4.69) is 28.2 Å². The van der Waals surface area contributed by atoms with Crippen LogP contribution in [-0.2, 0) is 0 Å². The summed E-state index contributed by atoms with van der Waals surface area (Å²) in [6.45, 7) is 3.09. The highest BCUT2D eigenvalue weighted by atomic mass is 35.5. The number of nitrogens with one attached hydrogen (secondary N) is 1. The van der Waals surface area contributed by atoms with Gasteiger partial charge < -0.3 is 10.2 Å². The number of nitrogens with zero attached hydrogens (tertiary/aromatic N) is 2. The van der Waals surface area contributed by atoms with Crippen LogP contribution in [0.15, 0.2) is 36.5 Å². The number of hydrogen-bond acceptors (Lipinski definition) is 3. The molecule has 1 fully saturated rings. The van der Waals surface area contributed by atoms with Crippen LogP contribution in [0, 0.1) is 0 Å². The van der Waals surface area contributed by atoms with E-state index in [0.29, 0.717) is 0 Å². The highest BCUT2D eigenvalue weighted by molar-refractivity contribution is 7.80. The Bertz CT molecular complexity index is 629. The number of pyridine rings is 1. The molecule has 1 aliphatic heterocycles. The molecule has 0 unspecified atom stereocenters. The van der Waals surface area contributed by atoms with Gasteiger partial charge in [-0.25, -0.2) is 0 Å². The normalized spacial score (nSPS) is 21.6. The fourth-order valence-corrected chi connectivity index (χ4v) is 4.23. The van der Waals surface area contributed by atoms with E-state index in [-0.39, 0.29) is 12.1 Å². The smallest absolute Gasteiger partial charge is 0.170 e. The van der Waals surface area contributed by atoms with Crippen LogP contribution in [0.5, 0.6) is 0 Å². The molecule has 0 radical (unpaired) electrons. The third-order valence-corrected chi connectivity index (χ3v) is 5.20. The van der Waals surface area contributed by atoms with Crippen molar-refractivity contribution in [3.63, 3.8) is 0 Å². The molecule has 21 heavy (non-hydrogen) atoms. The zero-order chi connectivity index (χ0) is 14.8. The summed E-state index contributed by atoms with van der Waals surface area (Å²) in [6.07, 6.45) is 2.87. The number of rotatable bonds is 4. The van der Waals surface area contributed by atoms with E-state index in [0.717, 1.165) is 28.1 Å². The van der Waals surface area contributed by atoms with Crippen molar-refractivity contribution in [1.29, 1.82) is 0 Å². The minimum atomic E-state index is 0.0694. The van der Waals surface area contributed by atoms with Gasteiger partial charge in [0.2, 0.25) is 0 Å². The van der Waals surface area contributed by atoms with Gasteiger partial charge in [-0.3, -0.25) is 4.98 Å². The van der Waals surface area contributed by atoms with Crippen LogP contribution in [0.25, 0.3) is 0 Å². The second-order valence-electron chi connectivity index (χ2n) is 4.96. The second kappa shape index (κ2) is 6.30. The summed E-state index contributed by atoms with van der Waals surface area (Å²) in [6, 6.07) is 10.2. The first-order valence-electron chi connectivity index (χ1n) is 6.94. The Kier molecular flexibility index (Phi) is 4.42. The summed E-state index contributed by atoms with van der Waals surface area (Å²) in [5.74, 6) is 0. The Hall–Kier alpha value is -1.17. The molecule has 0 amide bonds. The van der Waals surface area contributed by atoms with E-state index >= 15 is 0 Å². The molecule has 110 valence electrons. The maximum Gasteiger partial charge on any atom is 0.170 e. The molecule has 3 rings (SSSR count). The molecule has 0 bridgehead atoms. The highest BCUT2D eigenvalue weighted by Gasteiger charge is 2.39. The van der Waals surface area contributed by atoms with E-state index in [9.17, 15) is 0 Å². The fraction of sp³-hybridized carbons (Fsp3) is 0.333. The van der Waals surface area contributed by atoms with Crippen molar-refractivity contribution in [2.24, 2.45) is 0 Å². The summed E-state index contributed by atoms with van der Waals surface area (Å²) < 4.78 is 0.805. The SMILES string of the molecule is CCCN1C(=S)N[C@H](c2ccccn2)[C@H]1c1ccc(Cl)s1. The van der Waals surface area contributed by atoms with E-state index < -0.39 is 0 Å². The minimum absolute atomic E-state index is 0.0694. The van der Waals surface area contributed by atoms with Gasteiger partial charge in [0.1, 0.15) is 0 Å². The molecular formula is C15H16ClN3S2. The van der Waals surface area contributed by atoms with Gasteiger partial charge in [-0.05, 0) is 42.9 Å². The predicted molar refractivity (Wildman–Crippen MR) is 91.8 cm³/mol. The fourth-order valence-electron chi connectivity index (χ4n) is 2.68. The lowest BCUT2D eigenvalue weighted by molar-refractivity contribution is 0.322. The van der Waals surface area contributed by atoms with Gasteiger partial charge in [0.25, 0.3) is 0 Å². The number of thiophene rings is 1. The number of hydrogen-bond donors (Lipinski definition) is 1. The summed E-state index contributed by atoms with van der Waals surface area (Å²) in [7, 11) is 0. The molecule has 1 aliphatic rings. The standard InChI is InChI=1S/C15H16ClN3S2/c1-2-9-19-14(11-6-7-12(16)21-11)13(18-15(19)20)10-5-3-4-8-17-10/h3-8,13-14H,2,9H2,1H3,(H,18,20)/t13-,14-/m1/s1. The molecule has 0 aliphatic carbocycles. The van der Waals surface area contributed by atoms with Crippen molar-refractivity contribution in [1.82, 2.24) is 15.2 Å². The molecule has 2 aromatic rings. The van der Waals surface area contributed by atoms with Crippen LogP contribution in [-0.4, -0.2) is 21.5 Å². The van der Waals surface area contributed by atoms with Gasteiger partial charge >= 0.3 is 0 Å². The lowest BCUT2D eigenvalue weighted by Gasteiger charge is -2.26. The molecule has 2 aromatic heterocycles. The molecule has 2 atom stereocenters. The lowest BCUT2D eigenvalue weighted by Crippen LogP contribution is -2.29. The number of halogens is 1. The van der Waals surface area contributed by atoms with E-state index in [1.54, 1.807) is 11.3 Å². The van der Waals surface area contributed by atoms with Crippen LogP contribution < -0.4 is 5.32 Å². The average molecular weight is 338 g/mol. The summed E-state index contributed by atoms with van der Waals surface area (Å²) in [5, 5.41) is 4.21. The van der Waals surface area contributed by atoms with E-state index in [4.69, 9.17) is 23.8 Å². The number of thiocarbonyl (C=S) groups is 1. The van der Waals surface area contributed by atoms with Crippen molar-refractivity contribution in [2.45, 2.75) is 25.4 Å². The molecule has 6 heteroatoms. The monoisotopic (exact) mass is 337 g/mol. The molecule has 3 nitrogen and oxygen atoms in total. The summed E-state index contributed by atoms with van der Waals surface area (Å²) >= 11 is 13.3. The molecule has 0 saturated carbocycles. The van der Waals surface area contributed by atoms with Gasteiger partial charge in [-0.2, -0.15) is 0 Å². The van der Waals surface area contributed by atoms with Crippen molar-refractivity contribution in [3.05, 3.63) is 51.4 Å². The zero-order valence-corrected chi connectivity index (χ0v) is 14.0. The third kappa shape index (κ3) is 2.91. The van der Waals surface area contributed by atoms with Crippen molar-refractivity contribution >= 4 is 40.3 Å². The van der Waals surface area contributed by atoms with Crippen LogP contribution in [0.3, 0.4) is 0 Å². The Morgan fingerprint density at radius 1 is 1.38 bits per heavy atom. The van der Waals surface area contributed by atoms with Gasteiger partial charge in [-0.1, -0.05) is 24.6 Å². The molecule has 1 saturated heterocycles. The molecular weight excluding hydrogens is 322 g/mol. The first-order chi connectivity index (χ1) is 10.2. The molecule has 0 aromatic carbocycles. The van der Waals surface area contributed by atoms with E-state index in [1.165, 1.54) is 4.88 Å². The van der Waals surface area contributed by atoms with Gasteiger partial charge in [0, 0.05) is 17.6 Å². The lowest BCUT2D eigenvalue weighted by atomic mass is 10.0. The van der Waals surface area contributed by atoms with Gasteiger partial charge in [0.05, 0.1) is 22.1 Å². The first kappa shape index (κ1) is 14.8. The predicted octanol–water partition coefficient (Wildman–Crippen LogP) is 4.18. The summed E-state index contributed by atoms with van der Waals surface area (Å²) in [5.41, 5.74) is 1.01. The van der Waals surface area contributed by atoms with Crippen LogP contribution in [0.2, 0.25) is 4.34 Å². The van der Waals surface area contributed by atoms with Crippen LogP contribution in [0.4, 0.5) is 0 Å². The Labute approximate surface area is 139 Å². The van der Waals surface area contributed by atoms with Crippen molar-refractivity contribution in [3.8, 4) is 0 Å². The average Bonchev–Trinajstić information content (AvgIpc) is 3.05. The molecule has 1 N–H and O–H groups in total. The van der Waals surface area contributed by atoms with Crippen LogP contribution in [0.1, 0.15) is 36.0 Å². The Morgan fingerprint density at radius 2 is 2.24 bits per heavy atom. The quantitative estimate of drug-likeness (QED) is 0.847. The van der Waals surface area contributed by atoms with Gasteiger partial charge in [0.15, 0.2) is 5.11 Å². The van der Waals surface area contributed by atoms with Crippen molar-refractivity contribution in [2.75, 3.05) is 6.54 Å². The third-order valence-electron chi connectivity index (χ3n) is 3.55. The Morgan fingerprint density at radius 3 is 2.86 bits per heavy atom. The Balaban J connectivity index is 2.00. The van der Waals surface area contributed by atoms with Crippen LogP contribution >= 0.6 is 35.2 Å². The molecule has 0 spiro atoms. The maximum atomic E-state index is 6.12. The first-order valence-corrected chi connectivity index (χ1v) is 8.54. The maximum absolute atomic E-state index is 6.12. The largest absolute Gasteiger partial charge is 0.352 e. The van der Waals surface area contributed by atoms with Gasteiger partial charge in [-0.15, -0.1) is 11.3 Å². The minimum Gasteiger partial charge on any atom is -0.352 e.